The maximum absolute atomic E-state index is 5.73. The van der Waals surface area contributed by atoms with Crippen LogP contribution in [0.3, 0.4) is 0 Å². The molecule has 2 rings (SSSR count). The van der Waals surface area contributed by atoms with Gasteiger partial charge in [-0.1, -0.05) is 26.7 Å². The molecular weight excluding hydrogens is 196 g/mol. The number of hydrogen-bond donors (Lipinski definition) is 2. The molecule has 1 unspecified atom stereocenters. The van der Waals surface area contributed by atoms with Gasteiger partial charge in [-0.25, -0.2) is 0 Å². The Bertz CT molecular complexity index is 208. The molecule has 0 saturated heterocycles. The fourth-order valence-electron chi connectivity index (χ4n) is 3.10. The second-order valence-electron chi connectivity index (χ2n) is 6.80. The van der Waals surface area contributed by atoms with Gasteiger partial charge < -0.3 is 0 Å². The van der Waals surface area contributed by atoms with E-state index in [0.717, 1.165) is 11.8 Å². The Kier molecular flexibility index (Phi) is 3.91. The highest BCUT2D eigenvalue weighted by molar-refractivity contribution is 4.85. The van der Waals surface area contributed by atoms with Crippen molar-refractivity contribution in [2.24, 2.45) is 23.1 Å². The van der Waals surface area contributed by atoms with Gasteiger partial charge in [0.05, 0.1) is 0 Å². The summed E-state index contributed by atoms with van der Waals surface area (Å²) in [6.45, 7) is 4.80. The number of rotatable bonds is 5. The van der Waals surface area contributed by atoms with Gasteiger partial charge in [0.25, 0.3) is 0 Å². The van der Waals surface area contributed by atoms with Gasteiger partial charge in [-0.05, 0) is 55.8 Å². The average molecular weight is 224 g/mol. The molecule has 0 amide bonds. The highest BCUT2D eigenvalue weighted by Crippen LogP contribution is 2.41. The number of hydrogen-bond acceptors (Lipinski definition) is 2. The Morgan fingerprint density at radius 2 is 1.81 bits per heavy atom. The molecule has 0 aromatic carbocycles. The molecule has 0 spiro atoms. The van der Waals surface area contributed by atoms with Crippen molar-refractivity contribution in [2.45, 2.75) is 71.3 Å². The Hall–Kier alpha value is -0.0800. The van der Waals surface area contributed by atoms with Crippen LogP contribution in [0.25, 0.3) is 0 Å². The molecule has 94 valence electrons. The largest absolute Gasteiger partial charge is 0.271 e. The van der Waals surface area contributed by atoms with E-state index < -0.39 is 0 Å². The summed E-state index contributed by atoms with van der Waals surface area (Å²) >= 11 is 0. The van der Waals surface area contributed by atoms with E-state index in [2.05, 4.69) is 19.3 Å². The lowest BCUT2D eigenvalue weighted by Crippen LogP contribution is -2.43. The molecular formula is C14H28N2. The molecule has 0 bridgehead atoms. The van der Waals surface area contributed by atoms with Crippen molar-refractivity contribution in [3.63, 3.8) is 0 Å². The zero-order valence-electron chi connectivity index (χ0n) is 11.0. The smallest absolute Gasteiger partial charge is 0.0238 e. The van der Waals surface area contributed by atoms with Gasteiger partial charge in [0.2, 0.25) is 0 Å². The van der Waals surface area contributed by atoms with Crippen LogP contribution in [0.2, 0.25) is 0 Å². The van der Waals surface area contributed by atoms with Crippen molar-refractivity contribution in [1.29, 1.82) is 0 Å². The third-order valence-electron chi connectivity index (χ3n) is 4.75. The predicted molar refractivity (Wildman–Crippen MR) is 68.8 cm³/mol. The van der Waals surface area contributed by atoms with E-state index in [1.165, 1.54) is 51.4 Å². The fraction of sp³-hybridized carbons (Fsp3) is 1.00. The van der Waals surface area contributed by atoms with Crippen LogP contribution >= 0.6 is 0 Å². The molecule has 3 N–H and O–H groups in total. The lowest BCUT2D eigenvalue weighted by Gasteiger charge is -2.37. The molecule has 2 heteroatoms. The Morgan fingerprint density at radius 3 is 2.31 bits per heavy atom. The quantitative estimate of drug-likeness (QED) is 0.556. The van der Waals surface area contributed by atoms with Crippen LogP contribution in [0.4, 0.5) is 0 Å². The Balaban J connectivity index is 1.75. The average Bonchev–Trinajstić information content (AvgIpc) is 3.04. The molecule has 1 atom stereocenters. The zero-order valence-corrected chi connectivity index (χ0v) is 11.0. The first-order valence-electron chi connectivity index (χ1n) is 7.07. The SMILES string of the molecule is CC1(C)CCC(C(CCC2CC2)NN)CC1. The van der Waals surface area contributed by atoms with Crippen molar-refractivity contribution in [3.05, 3.63) is 0 Å². The summed E-state index contributed by atoms with van der Waals surface area (Å²) in [4.78, 5) is 0. The maximum atomic E-state index is 5.73. The topological polar surface area (TPSA) is 38.0 Å². The summed E-state index contributed by atoms with van der Waals surface area (Å²) in [6.07, 6.45) is 11.1. The van der Waals surface area contributed by atoms with E-state index in [-0.39, 0.29) is 0 Å². The minimum atomic E-state index is 0.576. The van der Waals surface area contributed by atoms with E-state index in [1.807, 2.05) is 0 Å². The normalized spacial score (nSPS) is 27.9. The van der Waals surface area contributed by atoms with Gasteiger partial charge >= 0.3 is 0 Å². The number of hydrazine groups is 1. The highest BCUT2D eigenvalue weighted by atomic mass is 15.2. The minimum absolute atomic E-state index is 0.576. The summed E-state index contributed by atoms with van der Waals surface area (Å²) < 4.78 is 0. The third-order valence-corrected chi connectivity index (χ3v) is 4.75. The first-order chi connectivity index (χ1) is 7.61. The van der Waals surface area contributed by atoms with Crippen LogP contribution in [0.5, 0.6) is 0 Å². The molecule has 0 aliphatic heterocycles. The molecule has 0 radical (unpaired) electrons. The summed E-state index contributed by atoms with van der Waals surface area (Å²) in [7, 11) is 0. The van der Waals surface area contributed by atoms with Crippen LogP contribution in [-0.2, 0) is 0 Å². The summed E-state index contributed by atoms with van der Waals surface area (Å²) in [6, 6.07) is 0.580. The predicted octanol–water partition coefficient (Wildman–Crippen LogP) is 3.22. The molecule has 2 fully saturated rings. The molecule has 0 aromatic rings. The fourth-order valence-corrected chi connectivity index (χ4v) is 3.10. The zero-order chi connectivity index (χ0) is 11.6. The second-order valence-corrected chi connectivity index (χ2v) is 6.80. The van der Waals surface area contributed by atoms with E-state index in [4.69, 9.17) is 5.84 Å². The van der Waals surface area contributed by atoms with E-state index in [9.17, 15) is 0 Å². The lowest BCUT2D eigenvalue weighted by atomic mass is 9.70. The molecule has 2 saturated carbocycles. The molecule has 2 nitrogen and oxygen atoms in total. The number of nitrogens with one attached hydrogen (secondary N) is 1. The van der Waals surface area contributed by atoms with Crippen molar-refractivity contribution in [1.82, 2.24) is 5.43 Å². The first kappa shape index (κ1) is 12.4. The first-order valence-corrected chi connectivity index (χ1v) is 7.07. The van der Waals surface area contributed by atoms with Gasteiger partial charge in [-0.15, -0.1) is 0 Å². The van der Waals surface area contributed by atoms with Crippen LogP contribution in [0, 0.1) is 17.3 Å². The minimum Gasteiger partial charge on any atom is -0.271 e. The van der Waals surface area contributed by atoms with Crippen molar-refractivity contribution in [2.75, 3.05) is 0 Å². The standard InChI is InChI=1S/C14H28N2/c1-14(2)9-7-12(8-10-14)13(16-15)6-5-11-3-4-11/h11-13,16H,3-10,15H2,1-2H3. The van der Waals surface area contributed by atoms with Gasteiger partial charge in [0, 0.05) is 6.04 Å². The van der Waals surface area contributed by atoms with Crippen LogP contribution < -0.4 is 11.3 Å². The monoisotopic (exact) mass is 224 g/mol. The molecule has 16 heavy (non-hydrogen) atoms. The highest BCUT2D eigenvalue weighted by Gasteiger charge is 2.31. The second kappa shape index (κ2) is 5.05. The third kappa shape index (κ3) is 3.46. The Morgan fingerprint density at radius 1 is 1.19 bits per heavy atom. The summed E-state index contributed by atoms with van der Waals surface area (Å²) in [5.74, 6) is 7.60. The van der Waals surface area contributed by atoms with Gasteiger partial charge in [0.1, 0.15) is 0 Å². The number of nitrogens with two attached hydrogens (primary N) is 1. The van der Waals surface area contributed by atoms with Crippen LogP contribution in [0.15, 0.2) is 0 Å². The van der Waals surface area contributed by atoms with Gasteiger partial charge in [-0.2, -0.15) is 0 Å². The van der Waals surface area contributed by atoms with Crippen molar-refractivity contribution < 1.29 is 0 Å². The summed E-state index contributed by atoms with van der Waals surface area (Å²) in [5.41, 5.74) is 3.66. The van der Waals surface area contributed by atoms with Gasteiger partial charge in [-0.3, -0.25) is 11.3 Å². The Labute approximate surface area is 100 Å². The summed E-state index contributed by atoms with van der Waals surface area (Å²) in [5, 5.41) is 0. The molecule has 0 aromatic heterocycles. The molecule has 2 aliphatic rings. The van der Waals surface area contributed by atoms with Crippen LogP contribution in [0.1, 0.15) is 65.2 Å². The van der Waals surface area contributed by atoms with E-state index in [1.54, 1.807) is 0 Å². The lowest BCUT2D eigenvalue weighted by molar-refractivity contribution is 0.156. The van der Waals surface area contributed by atoms with E-state index in [0.29, 0.717) is 11.5 Å². The van der Waals surface area contributed by atoms with E-state index >= 15 is 0 Å². The van der Waals surface area contributed by atoms with Crippen molar-refractivity contribution >= 4 is 0 Å². The van der Waals surface area contributed by atoms with Crippen LogP contribution in [-0.4, -0.2) is 6.04 Å². The van der Waals surface area contributed by atoms with Crippen molar-refractivity contribution in [3.8, 4) is 0 Å². The molecule has 2 aliphatic carbocycles. The maximum Gasteiger partial charge on any atom is 0.0238 e. The molecule has 0 heterocycles. The van der Waals surface area contributed by atoms with Gasteiger partial charge in [0.15, 0.2) is 0 Å².